The molecule has 9 heteroatoms. The number of halogens is 1. The van der Waals surface area contributed by atoms with Gasteiger partial charge in [0.15, 0.2) is 0 Å². The maximum Gasteiger partial charge on any atom is 0.229 e. The maximum atomic E-state index is 6.94. The lowest BCUT2D eigenvalue weighted by molar-refractivity contribution is -0.315. The minimum atomic E-state index is -0.930. The van der Waals surface area contributed by atoms with Gasteiger partial charge in [-0.25, -0.2) is 0 Å². The topological polar surface area (TPSA) is 79.8 Å². The number of rotatable bonds is 17. The summed E-state index contributed by atoms with van der Waals surface area (Å²) >= 11 is 6.32. The van der Waals surface area contributed by atoms with Gasteiger partial charge < -0.3 is 33.7 Å². The van der Waals surface area contributed by atoms with Crippen molar-refractivity contribution in [1.29, 1.82) is 0 Å². The molecule has 5 aromatic rings. The highest BCUT2D eigenvalue weighted by Gasteiger charge is 2.50. The van der Waals surface area contributed by atoms with E-state index >= 15 is 0 Å². The SMILES string of the molecule is Clc1ccc(/C(=C\C2=NCCN2)O[C@H]2O[C@H](COCc3ccccc3)[C@@H](OCc3ccccc3)[C@H](OCc3ccccc3)[C@H]2OCc2ccccc2)cc1. The number of hydrogen-bond donors (Lipinski definition) is 1. The van der Waals surface area contributed by atoms with Gasteiger partial charge in [0.2, 0.25) is 6.29 Å². The Balaban J connectivity index is 1.25. The molecule has 1 saturated heterocycles. The van der Waals surface area contributed by atoms with E-state index in [4.69, 9.17) is 40.0 Å². The second kappa shape index (κ2) is 19.5. The highest BCUT2D eigenvalue weighted by atomic mass is 35.5. The molecular formula is C45H45ClN2O6. The lowest BCUT2D eigenvalue weighted by Gasteiger charge is -2.46. The van der Waals surface area contributed by atoms with E-state index in [1.165, 1.54) is 0 Å². The zero-order valence-corrected chi connectivity index (χ0v) is 30.8. The molecule has 5 atom stereocenters. The van der Waals surface area contributed by atoms with Gasteiger partial charge in [-0.15, -0.1) is 0 Å². The smallest absolute Gasteiger partial charge is 0.229 e. The first-order valence-electron chi connectivity index (χ1n) is 18.3. The predicted octanol–water partition coefficient (Wildman–Crippen LogP) is 8.40. The zero-order chi connectivity index (χ0) is 36.8. The summed E-state index contributed by atoms with van der Waals surface area (Å²) in [7, 11) is 0. The van der Waals surface area contributed by atoms with Gasteiger partial charge >= 0.3 is 0 Å². The Bertz CT molecular complexity index is 1910. The van der Waals surface area contributed by atoms with Gasteiger partial charge in [-0.05, 0) is 46.5 Å². The second-order valence-corrected chi connectivity index (χ2v) is 13.6. The summed E-state index contributed by atoms with van der Waals surface area (Å²) in [6, 6.07) is 47.8. The summed E-state index contributed by atoms with van der Waals surface area (Å²) in [5, 5.41) is 3.95. The molecule has 0 spiro atoms. The molecular weight excluding hydrogens is 700 g/mol. The van der Waals surface area contributed by atoms with Crippen molar-refractivity contribution in [2.24, 2.45) is 4.99 Å². The van der Waals surface area contributed by atoms with Crippen molar-refractivity contribution in [3.63, 3.8) is 0 Å². The van der Waals surface area contributed by atoms with Crippen LogP contribution in [0.15, 0.2) is 157 Å². The van der Waals surface area contributed by atoms with Gasteiger partial charge in [0.1, 0.15) is 36.0 Å². The summed E-state index contributed by atoms with van der Waals surface area (Å²) in [6.45, 7) is 3.02. The molecule has 278 valence electrons. The number of hydrogen-bond acceptors (Lipinski definition) is 8. The van der Waals surface area contributed by atoms with Crippen molar-refractivity contribution in [3.05, 3.63) is 185 Å². The monoisotopic (exact) mass is 744 g/mol. The Kier molecular flexibility index (Phi) is 13.5. The van der Waals surface area contributed by atoms with Crippen molar-refractivity contribution >= 4 is 23.2 Å². The van der Waals surface area contributed by atoms with Crippen LogP contribution in [0.2, 0.25) is 5.02 Å². The summed E-state index contributed by atoms with van der Waals surface area (Å²) in [5.74, 6) is 1.27. The van der Waals surface area contributed by atoms with E-state index < -0.39 is 30.7 Å². The van der Waals surface area contributed by atoms with Crippen LogP contribution in [0.4, 0.5) is 0 Å². The van der Waals surface area contributed by atoms with E-state index in [0.717, 1.165) is 40.2 Å². The molecule has 0 amide bonds. The quantitative estimate of drug-likeness (QED) is 0.0959. The number of amidine groups is 1. The van der Waals surface area contributed by atoms with E-state index in [9.17, 15) is 0 Å². The molecule has 0 saturated carbocycles. The van der Waals surface area contributed by atoms with Gasteiger partial charge in [-0.1, -0.05) is 133 Å². The molecule has 8 nitrogen and oxygen atoms in total. The molecule has 0 bridgehead atoms. The highest BCUT2D eigenvalue weighted by Crippen LogP contribution is 2.34. The highest BCUT2D eigenvalue weighted by molar-refractivity contribution is 6.30. The van der Waals surface area contributed by atoms with Gasteiger partial charge in [-0.2, -0.15) is 0 Å². The molecule has 2 aliphatic rings. The Hall–Kier alpha value is -4.80. The molecule has 2 aliphatic heterocycles. The van der Waals surface area contributed by atoms with E-state index in [0.29, 0.717) is 43.8 Å². The summed E-state index contributed by atoms with van der Waals surface area (Å²) in [5.41, 5.74) is 4.92. The Morgan fingerprint density at radius 3 is 1.65 bits per heavy atom. The van der Waals surface area contributed by atoms with Crippen LogP contribution < -0.4 is 5.32 Å². The maximum absolute atomic E-state index is 6.94. The van der Waals surface area contributed by atoms with Gasteiger partial charge in [0.05, 0.1) is 39.6 Å². The van der Waals surface area contributed by atoms with Crippen LogP contribution >= 0.6 is 11.6 Å². The molecule has 0 aromatic heterocycles. The van der Waals surface area contributed by atoms with Crippen LogP contribution in [0.5, 0.6) is 0 Å². The third-order valence-corrected chi connectivity index (χ3v) is 9.43. The zero-order valence-electron chi connectivity index (χ0n) is 30.0. The Labute approximate surface area is 322 Å². The second-order valence-electron chi connectivity index (χ2n) is 13.2. The minimum Gasteiger partial charge on any atom is -0.461 e. The number of ether oxygens (including phenoxy) is 6. The molecule has 2 heterocycles. The average Bonchev–Trinajstić information content (AvgIpc) is 3.74. The van der Waals surface area contributed by atoms with Gasteiger partial charge in [0.25, 0.3) is 0 Å². The van der Waals surface area contributed by atoms with E-state index in [1.807, 2.05) is 152 Å². The fourth-order valence-electron chi connectivity index (χ4n) is 6.40. The van der Waals surface area contributed by atoms with E-state index in [-0.39, 0.29) is 6.61 Å². The lowest BCUT2D eigenvalue weighted by atomic mass is 9.97. The first-order chi connectivity index (χ1) is 26.7. The number of benzene rings is 5. The number of nitrogens with one attached hydrogen (secondary N) is 1. The van der Waals surface area contributed by atoms with Gasteiger partial charge in [-0.3, -0.25) is 4.99 Å². The predicted molar refractivity (Wildman–Crippen MR) is 211 cm³/mol. The Morgan fingerprint density at radius 2 is 1.13 bits per heavy atom. The van der Waals surface area contributed by atoms with Crippen LogP contribution in [0.1, 0.15) is 27.8 Å². The first-order valence-corrected chi connectivity index (χ1v) is 18.7. The fraction of sp³-hybridized carbons (Fsp3) is 0.267. The molecule has 0 radical (unpaired) electrons. The van der Waals surface area contributed by atoms with Crippen LogP contribution in [0.25, 0.3) is 5.76 Å². The van der Waals surface area contributed by atoms with Crippen LogP contribution in [-0.4, -0.2) is 56.2 Å². The summed E-state index contributed by atoms with van der Waals surface area (Å²) in [4.78, 5) is 4.62. The molecule has 5 aromatic carbocycles. The number of nitrogens with zero attached hydrogens (tertiary/aromatic N) is 1. The third-order valence-electron chi connectivity index (χ3n) is 9.18. The van der Waals surface area contributed by atoms with Crippen molar-refractivity contribution in [3.8, 4) is 0 Å². The van der Waals surface area contributed by atoms with Crippen LogP contribution in [0.3, 0.4) is 0 Å². The minimum absolute atomic E-state index is 0.221. The number of aliphatic imine (C=N–C) groups is 1. The summed E-state index contributed by atoms with van der Waals surface area (Å²) in [6.07, 6.45) is -1.57. The molecule has 0 aliphatic carbocycles. The standard InChI is InChI=1S/C45H45ClN2O6/c46-38-23-21-37(22-24-38)39(27-41-47-25-26-48-41)53-45-44(52-31-36-19-11-4-12-20-36)43(51-30-35-17-9-3-10-18-35)42(50-29-34-15-7-2-8-16-34)40(54-45)32-49-28-33-13-5-1-6-14-33/h1-24,27,40,42-45H,25-26,28-32H2,(H,47,48)/b39-27+/t40-,42-,43+,44-,45+/m1/s1. The Morgan fingerprint density at radius 1 is 0.630 bits per heavy atom. The molecule has 54 heavy (non-hydrogen) atoms. The van der Waals surface area contributed by atoms with E-state index in [2.05, 4.69) is 10.3 Å². The fourth-order valence-corrected chi connectivity index (χ4v) is 6.53. The van der Waals surface area contributed by atoms with Gasteiger partial charge in [0, 0.05) is 23.2 Å². The first kappa shape index (κ1) is 37.5. The van der Waals surface area contributed by atoms with Crippen LogP contribution in [0, 0.1) is 0 Å². The third kappa shape index (κ3) is 10.7. The largest absolute Gasteiger partial charge is 0.461 e. The normalized spacial score (nSPS) is 21.3. The molecule has 0 unspecified atom stereocenters. The molecule has 7 rings (SSSR count). The molecule has 1 fully saturated rings. The summed E-state index contributed by atoms with van der Waals surface area (Å²) < 4.78 is 40.8. The average molecular weight is 745 g/mol. The van der Waals surface area contributed by atoms with Crippen molar-refractivity contribution < 1.29 is 28.4 Å². The van der Waals surface area contributed by atoms with Crippen molar-refractivity contribution in [2.75, 3.05) is 19.7 Å². The van der Waals surface area contributed by atoms with E-state index in [1.54, 1.807) is 0 Å². The lowest BCUT2D eigenvalue weighted by Crippen LogP contribution is -2.61. The van der Waals surface area contributed by atoms with Crippen molar-refractivity contribution in [2.45, 2.75) is 57.1 Å². The van der Waals surface area contributed by atoms with Crippen molar-refractivity contribution in [1.82, 2.24) is 5.32 Å². The molecule has 1 N–H and O–H groups in total. The van der Waals surface area contributed by atoms with Crippen LogP contribution in [-0.2, 0) is 54.8 Å².